The molecule has 1 fully saturated rings. The monoisotopic (exact) mass is 424 g/mol. The van der Waals surface area contributed by atoms with E-state index in [9.17, 15) is 9.59 Å². The van der Waals surface area contributed by atoms with Crippen molar-refractivity contribution >= 4 is 22.8 Å². The van der Waals surface area contributed by atoms with Gasteiger partial charge in [0.25, 0.3) is 5.56 Å². The van der Waals surface area contributed by atoms with Crippen LogP contribution in [-0.4, -0.2) is 63.0 Å². The third-order valence-corrected chi connectivity index (χ3v) is 6.40. The molecule has 0 saturated carbocycles. The fourth-order valence-corrected chi connectivity index (χ4v) is 4.58. The summed E-state index contributed by atoms with van der Waals surface area (Å²) in [5, 5.41) is 0. The quantitative estimate of drug-likeness (QED) is 0.622. The average molecular weight is 425 g/mol. The summed E-state index contributed by atoms with van der Waals surface area (Å²) in [6.45, 7) is 9.60. The number of ether oxygens (including phenoxy) is 1. The van der Waals surface area contributed by atoms with Crippen LogP contribution in [0.2, 0.25) is 0 Å². The van der Waals surface area contributed by atoms with Crippen LogP contribution in [-0.2, 0) is 24.9 Å². The smallest absolute Gasteiger partial charge is 0.332 e. The number of aromatic nitrogens is 4. The van der Waals surface area contributed by atoms with E-state index in [2.05, 4.69) is 41.8 Å². The second kappa shape index (κ2) is 7.65. The lowest BCUT2D eigenvalue weighted by Gasteiger charge is -2.26. The zero-order valence-electron chi connectivity index (χ0n) is 18.3. The summed E-state index contributed by atoms with van der Waals surface area (Å²) in [5.74, 6) is 0.724. The molecule has 0 spiro atoms. The van der Waals surface area contributed by atoms with Crippen molar-refractivity contribution in [3.05, 3.63) is 50.2 Å². The molecule has 2 aliphatic heterocycles. The van der Waals surface area contributed by atoms with Gasteiger partial charge in [-0.25, -0.2) is 4.79 Å². The highest BCUT2D eigenvalue weighted by atomic mass is 16.5. The number of aryl methyl sites for hydroxylation is 3. The largest absolute Gasteiger partial charge is 0.379 e. The van der Waals surface area contributed by atoms with Gasteiger partial charge >= 0.3 is 5.69 Å². The molecule has 2 aromatic heterocycles. The standard InChI is InChI=1S/C22H28N6O3/c1-15-4-5-16(2)17(14-15)26-8-9-27-18-19(23-21(26)27)24(3)22(30)28(20(18)29)7-6-25-10-12-31-13-11-25/h4-5,14H,6-13H2,1-3H3. The predicted molar refractivity (Wildman–Crippen MR) is 119 cm³/mol. The van der Waals surface area contributed by atoms with Crippen LogP contribution >= 0.6 is 0 Å². The van der Waals surface area contributed by atoms with Crippen LogP contribution in [0.1, 0.15) is 11.1 Å². The highest BCUT2D eigenvalue weighted by molar-refractivity contribution is 5.78. The third kappa shape index (κ3) is 3.28. The molecule has 0 amide bonds. The Morgan fingerprint density at radius 2 is 1.81 bits per heavy atom. The SMILES string of the molecule is Cc1ccc(C)c(N2CCn3c2nc2c3c(=O)n(CCN3CCOCC3)c(=O)n2C)c1. The Balaban J connectivity index is 1.57. The lowest BCUT2D eigenvalue weighted by molar-refractivity contribution is 0.0361. The summed E-state index contributed by atoms with van der Waals surface area (Å²) in [6.07, 6.45) is 0. The number of benzene rings is 1. The van der Waals surface area contributed by atoms with Crippen molar-refractivity contribution in [2.45, 2.75) is 26.9 Å². The average Bonchev–Trinajstić information content (AvgIpc) is 3.34. The van der Waals surface area contributed by atoms with Crippen LogP contribution < -0.4 is 16.1 Å². The number of nitrogens with zero attached hydrogens (tertiary/aromatic N) is 6. The molecular weight excluding hydrogens is 396 g/mol. The van der Waals surface area contributed by atoms with E-state index in [1.54, 1.807) is 7.05 Å². The molecule has 31 heavy (non-hydrogen) atoms. The summed E-state index contributed by atoms with van der Waals surface area (Å²) < 4.78 is 10.2. The molecule has 2 aliphatic rings. The van der Waals surface area contributed by atoms with Gasteiger partial charge in [-0.1, -0.05) is 12.1 Å². The summed E-state index contributed by atoms with van der Waals surface area (Å²) in [6, 6.07) is 6.34. The van der Waals surface area contributed by atoms with E-state index < -0.39 is 0 Å². The van der Waals surface area contributed by atoms with Gasteiger partial charge in [0.15, 0.2) is 11.2 Å². The Morgan fingerprint density at radius 1 is 1.03 bits per heavy atom. The maximum Gasteiger partial charge on any atom is 0.332 e. The molecule has 1 aromatic carbocycles. The van der Waals surface area contributed by atoms with Crippen molar-refractivity contribution < 1.29 is 4.74 Å². The predicted octanol–water partition coefficient (Wildman–Crippen LogP) is 0.997. The van der Waals surface area contributed by atoms with Crippen LogP contribution in [0.15, 0.2) is 27.8 Å². The molecule has 4 heterocycles. The molecule has 0 aliphatic carbocycles. The van der Waals surface area contributed by atoms with Crippen molar-refractivity contribution in [2.24, 2.45) is 7.05 Å². The zero-order chi connectivity index (χ0) is 21.7. The molecule has 5 rings (SSSR count). The van der Waals surface area contributed by atoms with E-state index >= 15 is 0 Å². The second-order valence-corrected chi connectivity index (χ2v) is 8.43. The minimum Gasteiger partial charge on any atom is -0.379 e. The lowest BCUT2D eigenvalue weighted by Crippen LogP contribution is -2.44. The Bertz CT molecular complexity index is 1260. The van der Waals surface area contributed by atoms with Crippen LogP contribution in [0.5, 0.6) is 0 Å². The number of hydrogen-bond acceptors (Lipinski definition) is 6. The molecule has 0 bridgehead atoms. The second-order valence-electron chi connectivity index (χ2n) is 8.43. The summed E-state index contributed by atoms with van der Waals surface area (Å²) in [7, 11) is 1.69. The van der Waals surface area contributed by atoms with Crippen LogP contribution in [0.25, 0.3) is 11.2 Å². The zero-order valence-corrected chi connectivity index (χ0v) is 18.3. The first kappa shape index (κ1) is 20.0. The van der Waals surface area contributed by atoms with Crippen molar-refractivity contribution in [1.82, 2.24) is 23.6 Å². The van der Waals surface area contributed by atoms with Gasteiger partial charge in [-0.05, 0) is 31.0 Å². The number of fused-ring (bicyclic) bond motifs is 3. The van der Waals surface area contributed by atoms with E-state index in [0.29, 0.717) is 44.0 Å². The Labute approximate surface area is 180 Å². The molecule has 0 radical (unpaired) electrons. The van der Waals surface area contributed by atoms with Crippen molar-refractivity contribution in [3.8, 4) is 0 Å². The molecule has 9 heteroatoms. The Kier molecular flexibility index (Phi) is 4.94. The van der Waals surface area contributed by atoms with Gasteiger partial charge in [-0.3, -0.25) is 18.8 Å². The normalized spacial score (nSPS) is 16.9. The first-order chi connectivity index (χ1) is 15.0. The molecule has 1 saturated heterocycles. The van der Waals surface area contributed by atoms with Crippen LogP contribution in [0.3, 0.4) is 0 Å². The van der Waals surface area contributed by atoms with Crippen LogP contribution in [0, 0.1) is 13.8 Å². The maximum absolute atomic E-state index is 13.4. The highest BCUT2D eigenvalue weighted by Crippen LogP contribution is 2.34. The van der Waals surface area contributed by atoms with E-state index in [0.717, 1.165) is 36.8 Å². The molecule has 164 valence electrons. The number of anilines is 2. The Morgan fingerprint density at radius 3 is 2.58 bits per heavy atom. The molecule has 3 aromatic rings. The van der Waals surface area contributed by atoms with Gasteiger partial charge in [-0.15, -0.1) is 0 Å². The summed E-state index contributed by atoms with van der Waals surface area (Å²) >= 11 is 0. The lowest BCUT2D eigenvalue weighted by atomic mass is 10.1. The van der Waals surface area contributed by atoms with E-state index in [-0.39, 0.29) is 11.2 Å². The van der Waals surface area contributed by atoms with Gasteiger partial charge < -0.3 is 14.2 Å². The van der Waals surface area contributed by atoms with E-state index in [1.165, 1.54) is 14.7 Å². The topological polar surface area (TPSA) is 77.5 Å². The van der Waals surface area contributed by atoms with Gasteiger partial charge in [0.2, 0.25) is 5.95 Å². The van der Waals surface area contributed by atoms with Gasteiger partial charge in [0.05, 0.1) is 13.2 Å². The van der Waals surface area contributed by atoms with Crippen LogP contribution in [0.4, 0.5) is 11.6 Å². The maximum atomic E-state index is 13.4. The Hall–Kier alpha value is -2.91. The fraction of sp³-hybridized carbons (Fsp3) is 0.500. The minimum atomic E-state index is -0.319. The molecule has 0 unspecified atom stereocenters. The van der Waals surface area contributed by atoms with Crippen molar-refractivity contribution in [2.75, 3.05) is 44.3 Å². The summed E-state index contributed by atoms with van der Waals surface area (Å²) in [5.41, 5.74) is 3.80. The molecule has 0 N–H and O–H groups in total. The first-order valence-corrected chi connectivity index (χ1v) is 10.8. The summed E-state index contributed by atoms with van der Waals surface area (Å²) in [4.78, 5) is 35.5. The fourth-order valence-electron chi connectivity index (χ4n) is 4.58. The van der Waals surface area contributed by atoms with E-state index in [4.69, 9.17) is 9.72 Å². The number of hydrogen-bond donors (Lipinski definition) is 0. The molecule has 9 nitrogen and oxygen atoms in total. The van der Waals surface area contributed by atoms with Crippen molar-refractivity contribution in [1.29, 1.82) is 0 Å². The van der Waals surface area contributed by atoms with Gasteiger partial charge in [0.1, 0.15) is 0 Å². The molecular formula is C22H28N6O3. The highest BCUT2D eigenvalue weighted by Gasteiger charge is 2.29. The van der Waals surface area contributed by atoms with Gasteiger partial charge in [0, 0.05) is 52.0 Å². The minimum absolute atomic E-state index is 0.257. The first-order valence-electron chi connectivity index (χ1n) is 10.8. The van der Waals surface area contributed by atoms with Gasteiger partial charge in [-0.2, -0.15) is 4.98 Å². The van der Waals surface area contributed by atoms with E-state index in [1.807, 2.05) is 4.57 Å². The molecule has 0 atom stereocenters. The number of imidazole rings is 1. The third-order valence-electron chi connectivity index (χ3n) is 6.40. The number of morpholine rings is 1. The number of rotatable bonds is 4. The van der Waals surface area contributed by atoms with Crippen molar-refractivity contribution in [3.63, 3.8) is 0 Å².